The smallest absolute Gasteiger partial charge is 0.126 e. The molecular weight excluding hydrogens is 210 g/mol. The summed E-state index contributed by atoms with van der Waals surface area (Å²) in [5.41, 5.74) is 0.816. The van der Waals surface area contributed by atoms with Gasteiger partial charge in [-0.2, -0.15) is 0 Å². The number of halogens is 2. The van der Waals surface area contributed by atoms with E-state index in [2.05, 4.69) is 0 Å². The van der Waals surface area contributed by atoms with Crippen molar-refractivity contribution in [1.29, 1.82) is 0 Å². The lowest BCUT2D eigenvalue weighted by Crippen LogP contribution is -2.00. The predicted octanol–water partition coefficient (Wildman–Crippen LogP) is 3.05. The number of aliphatic hydroxyl groups is 1. The highest BCUT2D eigenvalue weighted by molar-refractivity contribution is 5.30. The SMILES string of the molecule is OC(c1ccccc1)c1cc(F)cc(F)c1. The minimum atomic E-state index is -1.01. The molecule has 1 N–H and O–H groups in total. The first-order chi connectivity index (χ1) is 7.66. The molecule has 0 heterocycles. The molecule has 0 aliphatic rings. The third-order valence-corrected chi connectivity index (χ3v) is 2.32. The van der Waals surface area contributed by atoms with Crippen LogP contribution in [0.5, 0.6) is 0 Å². The van der Waals surface area contributed by atoms with Gasteiger partial charge in [-0.3, -0.25) is 0 Å². The van der Waals surface area contributed by atoms with Crippen LogP contribution in [0.3, 0.4) is 0 Å². The van der Waals surface area contributed by atoms with Gasteiger partial charge in [-0.15, -0.1) is 0 Å². The van der Waals surface area contributed by atoms with E-state index < -0.39 is 17.7 Å². The van der Waals surface area contributed by atoms with Crippen LogP contribution in [0.2, 0.25) is 0 Å². The molecule has 1 nitrogen and oxygen atoms in total. The average Bonchev–Trinajstić information content (AvgIpc) is 2.28. The number of rotatable bonds is 2. The summed E-state index contributed by atoms with van der Waals surface area (Å²) in [6, 6.07) is 11.8. The van der Waals surface area contributed by atoms with Crippen LogP contribution in [-0.4, -0.2) is 5.11 Å². The van der Waals surface area contributed by atoms with Crippen molar-refractivity contribution in [3.8, 4) is 0 Å². The molecular formula is C13H10F2O. The van der Waals surface area contributed by atoms with Crippen molar-refractivity contribution in [3.05, 3.63) is 71.3 Å². The molecule has 82 valence electrons. The zero-order valence-electron chi connectivity index (χ0n) is 8.40. The molecule has 0 bridgehead atoms. The fourth-order valence-corrected chi connectivity index (χ4v) is 1.56. The van der Waals surface area contributed by atoms with Gasteiger partial charge in [0.05, 0.1) is 0 Å². The molecule has 2 aromatic rings. The lowest BCUT2D eigenvalue weighted by molar-refractivity contribution is 0.219. The Morgan fingerprint density at radius 3 is 1.94 bits per heavy atom. The predicted molar refractivity (Wildman–Crippen MR) is 56.9 cm³/mol. The Labute approximate surface area is 92.0 Å². The second kappa shape index (κ2) is 4.41. The van der Waals surface area contributed by atoms with Crippen LogP contribution in [0.1, 0.15) is 17.2 Å². The fraction of sp³-hybridized carbons (Fsp3) is 0.0769. The van der Waals surface area contributed by atoms with Crippen molar-refractivity contribution in [2.75, 3.05) is 0 Å². The number of aliphatic hydroxyl groups excluding tert-OH is 1. The maximum absolute atomic E-state index is 13.0. The second-order valence-corrected chi connectivity index (χ2v) is 3.52. The lowest BCUT2D eigenvalue weighted by atomic mass is 10.0. The quantitative estimate of drug-likeness (QED) is 0.824. The van der Waals surface area contributed by atoms with E-state index in [9.17, 15) is 13.9 Å². The normalized spacial score (nSPS) is 12.4. The summed E-state index contributed by atoms with van der Waals surface area (Å²) >= 11 is 0. The van der Waals surface area contributed by atoms with E-state index in [0.717, 1.165) is 18.2 Å². The molecule has 16 heavy (non-hydrogen) atoms. The molecule has 0 fully saturated rings. The van der Waals surface area contributed by atoms with Crippen molar-refractivity contribution in [2.45, 2.75) is 6.10 Å². The van der Waals surface area contributed by atoms with Gasteiger partial charge in [0.15, 0.2) is 0 Å². The van der Waals surface area contributed by atoms with Crippen LogP contribution < -0.4 is 0 Å². The van der Waals surface area contributed by atoms with Gasteiger partial charge in [0.1, 0.15) is 17.7 Å². The highest BCUT2D eigenvalue weighted by atomic mass is 19.1. The standard InChI is InChI=1S/C13H10F2O/c14-11-6-10(7-12(15)8-11)13(16)9-4-2-1-3-5-9/h1-8,13,16H. The molecule has 3 heteroatoms. The van der Waals surface area contributed by atoms with Crippen molar-refractivity contribution in [3.63, 3.8) is 0 Å². The fourth-order valence-electron chi connectivity index (χ4n) is 1.56. The summed E-state index contributed by atoms with van der Waals surface area (Å²) in [4.78, 5) is 0. The van der Waals surface area contributed by atoms with E-state index in [1.54, 1.807) is 24.3 Å². The van der Waals surface area contributed by atoms with Gasteiger partial charge in [-0.25, -0.2) is 8.78 Å². The summed E-state index contributed by atoms with van der Waals surface area (Å²) < 4.78 is 25.9. The summed E-state index contributed by atoms with van der Waals surface area (Å²) in [5.74, 6) is -1.38. The maximum Gasteiger partial charge on any atom is 0.126 e. The second-order valence-electron chi connectivity index (χ2n) is 3.52. The zero-order valence-corrected chi connectivity index (χ0v) is 8.40. The lowest BCUT2D eigenvalue weighted by Gasteiger charge is -2.11. The van der Waals surface area contributed by atoms with Crippen LogP contribution in [-0.2, 0) is 0 Å². The van der Waals surface area contributed by atoms with Gasteiger partial charge in [0.25, 0.3) is 0 Å². The summed E-state index contributed by atoms with van der Waals surface area (Å²) in [6.07, 6.45) is -1.01. The minimum Gasteiger partial charge on any atom is -0.384 e. The van der Waals surface area contributed by atoms with Crippen molar-refractivity contribution in [2.24, 2.45) is 0 Å². The van der Waals surface area contributed by atoms with Crippen molar-refractivity contribution in [1.82, 2.24) is 0 Å². The molecule has 0 saturated heterocycles. The van der Waals surface area contributed by atoms with E-state index in [-0.39, 0.29) is 5.56 Å². The Kier molecular flexibility index (Phi) is 2.97. The first-order valence-electron chi connectivity index (χ1n) is 4.86. The van der Waals surface area contributed by atoms with E-state index in [1.807, 2.05) is 6.07 Å². The van der Waals surface area contributed by atoms with E-state index in [4.69, 9.17) is 0 Å². The first kappa shape index (κ1) is 10.8. The third-order valence-electron chi connectivity index (χ3n) is 2.32. The minimum absolute atomic E-state index is 0.212. The van der Waals surface area contributed by atoms with Crippen LogP contribution in [0.25, 0.3) is 0 Å². The molecule has 0 aliphatic heterocycles. The molecule has 0 saturated carbocycles. The maximum atomic E-state index is 13.0. The van der Waals surface area contributed by atoms with Gasteiger partial charge < -0.3 is 5.11 Å². The van der Waals surface area contributed by atoms with Crippen LogP contribution >= 0.6 is 0 Å². The van der Waals surface area contributed by atoms with Gasteiger partial charge in [-0.05, 0) is 23.3 Å². The molecule has 1 atom stereocenters. The number of hydrogen-bond donors (Lipinski definition) is 1. The molecule has 0 aromatic heterocycles. The Hall–Kier alpha value is -1.74. The van der Waals surface area contributed by atoms with Crippen molar-refractivity contribution < 1.29 is 13.9 Å². The summed E-state index contributed by atoms with van der Waals surface area (Å²) in [6.45, 7) is 0. The topological polar surface area (TPSA) is 20.2 Å². The van der Waals surface area contributed by atoms with Gasteiger partial charge in [0, 0.05) is 6.07 Å². The Bertz CT molecular complexity index is 462. The largest absolute Gasteiger partial charge is 0.384 e. The van der Waals surface area contributed by atoms with Gasteiger partial charge >= 0.3 is 0 Å². The van der Waals surface area contributed by atoms with E-state index in [1.165, 1.54) is 0 Å². The van der Waals surface area contributed by atoms with E-state index in [0.29, 0.717) is 5.56 Å². The third kappa shape index (κ3) is 2.25. The Morgan fingerprint density at radius 1 is 0.812 bits per heavy atom. The van der Waals surface area contributed by atoms with Crippen LogP contribution in [0.4, 0.5) is 8.78 Å². The highest BCUT2D eigenvalue weighted by Gasteiger charge is 2.12. The van der Waals surface area contributed by atoms with Gasteiger partial charge in [-0.1, -0.05) is 30.3 Å². The van der Waals surface area contributed by atoms with Crippen LogP contribution in [0, 0.1) is 11.6 Å². The first-order valence-corrected chi connectivity index (χ1v) is 4.86. The van der Waals surface area contributed by atoms with Crippen LogP contribution in [0.15, 0.2) is 48.5 Å². The average molecular weight is 220 g/mol. The molecule has 0 amide bonds. The molecule has 0 radical (unpaired) electrons. The summed E-state index contributed by atoms with van der Waals surface area (Å²) in [5, 5.41) is 9.91. The summed E-state index contributed by atoms with van der Waals surface area (Å²) in [7, 11) is 0. The van der Waals surface area contributed by atoms with Gasteiger partial charge in [0.2, 0.25) is 0 Å². The monoisotopic (exact) mass is 220 g/mol. The number of hydrogen-bond acceptors (Lipinski definition) is 1. The zero-order chi connectivity index (χ0) is 11.5. The molecule has 0 aliphatic carbocycles. The Balaban J connectivity index is 2.37. The molecule has 2 rings (SSSR count). The Morgan fingerprint density at radius 2 is 1.38 bits per heavy atom. The number of benzene rings is 2. The van der Waals surface area contributed by atoms with Crippen molar-refractivity contribution >= 4 is 0 Å². The highest BCUT2D eigenvalue weighted by Crippen LogP contribution is 2.22. The molecule has 0 spiro atoms. The molecule has 1 unspecified atom stereocenters. The molecule has 2 aromatic carbocycles. The van der Waals surface area contributed by atoms with E-state index >= 15 is 0 Å².